The van der Waals surface area contributed by atoms with Crippen molar-refractivity contribution in [1.29, 1.82) is 0 Å². The van der Waals surface area contributed by atoms with Crippen molar-refractivity contribution in [3.8, 4) is 0 Å². The minimum Gasteiger partial charge on any atom is -0.251 e. The van der Waals surface area contributed by atoms with E-state index in [0.717, 1.165) is 28.5 Å². The summed E-state index contributed by atoms with van der Waals surface area (Å²) in [5, 5.41) is 3.44. The molecule has 2 nitrogen and oxygen atoms in total. The maximum absolute atomic E-state index is 14.1. The molecule has 1 aromatic heterocycles. The van der Waals surface area contributed by atoms with E-state index in [4.69, 9.17) is 21.6 Å². The third-order valence-corrected chi connectivity index (χ3v) is 6.88. The predicted molar refractivity (Wildman–Crippen MR) is 107 cm³/mol. The number of nitrogens with zero attached hydrogens (tertiary/aromatic N) is 2. The largest absolute Gasteiger partial charge is 0.251 e. The van der Waals surface area contributed by atoms with Gasteiger partial charge >= 0.3 is 0 Å². The first-order chi connectivity index (χ1) is 12.2. The summed E-state index contributed by atoms with van der Waals surface area (Å²) in [5.41, 5.74) is 1.21. The van der Waals surface area contributed by atoms with Crippen molar-refractivity contribution in [2.75, 3.05) is 0 Å². The van der Waals surface area contributed by atoms with Crippen LogP contribution in [0.5, 0.6) is 0 Å². The highest BCUT2D eigenvalue weighted by atomic mass is 35.5. The summed E-state index contributed by atoms with van der Waals surface area (Å²) in [5.74, 6) is 0.200. The van der Waals surface area contributed by atoms with Crippen LogP contribution in [0.25, 0.3) is 0 Å². The molecule has 1 aliphatic heterocycles. The van der Waals surface area contributed by atoms with Gasteiger partial charge in [-0.2, -0.15) is 0 Å². The van der Waals surface area contributed by atoms with E-state index >= 15 is 0 Å². The van der Waals surface area contributed by atoms with Crippen molar-refractivity contribution >= 4 is 45.5 Å². The maximum Gasteiger partial charge on any atom is 0.152 e. The molecule has 1 fully saturated rings. The van der Waals surface area contributed by atoms with Crippen LogP contribution in [0, 0.1) is 5.82 Å². The van der Waals surface area contributed by atoms with E-state index in [1.807, 2.05) is 6.07 Å². The Hall–Kier alpha value is -1.17. The zero-order valence-corrected chi connectivity index (χ0v) is 16.1. The molecule has 1 aliphatic carbocycles. The first-order valence-electron chi connectivity index (χ1n) is 8.47. The molecule has 0 unspecified atom stereocenters. The molecule has 0 saturated heterocycles. The third kappa shape index (κ3) is 3.55. The number of rotatable bonds is 3. The van der Waals surface area contributed by atoms with E-state index < -0.39 is 0 Å². The highest BCUT2D eigenvalue weighted by molar-refractivity contribution is 8.15. The molecule has 0 bridgehead atoms. The van der Waals surface area contributed by atoms with Crippen LogP contribution >= 0.6 is 34.7 Å². The normalized spacial score (nSPS) is 19.1. The van der Waals surface area contributed by atoms with Crippen LogP contribution in [-0.2, 0) is 5.75 Å². The molecule has 4 rings (SSSR count). The van der Waals surface area contributed by atoms with Gasteiger partial charge in [0.1, 0.15) is 16.6 Å². The molecule has 2 aliphatic rings. The Balaban J connectivity index is 1.62. The Kier molecular flexibility index (Phi) is 4.98. The number of hydrogen-bond donors (Lipinski definition) is 0. The van der Waals surface area contributed by atoms with Gasteiger partial charge in [-0.1, -0.05) is 41.9 Å². The molecule has 25 heavy (non-hydrogen) atoms. The van der Waals surface area contributed by atoms with Crippen molar-refractivity contribution in [3.05, 3.63) is 57.0 Å². The number of thiophene rings is 1. The van der Waals surface area contributed by atoms with Crippen LogP contribution in [0.3, 0.4) is 0 Å². The number of halogens is 2. The van der Waals surface area contributed by atoms with Crippen LogP contribution in [0.2, 0.25) is 5.02 Å². The van der Waals surface area contributed by atoms with E-state index in [9.17, 15) is 4.39 Å². The van der Waals surface area contributed by atoms with Crippen molar-refractivity contribution in [3.63, 3.8) is 0 Å². The zero-order valence-electron chi connectivity index (χ0n) is 13.7. The van der Waals surface area contributed by atoms with Crippen molar-refractivity contribution in [1.82, 2.24) is 0 Å². The van der Waals surface area contributed by atoms with Crippen molar-refractivity contribution < 1.29 is 4.39 Å². The van der Waals surface area contributed by atoms with E-state index in [2.05, 4.69) is 11.4 Å². The smallest absolute Gasteiger partial charge is 0.152 e. The van der Waals surface area contributed by atoms with Gasteiger partial charge in [-0.3, -0.25) is 4.99 Å². The van der Waals surface area contributed by atoms with Gasteiger partial charge in [0.25, 0.3) is 0 Å². The SMILES string of the molecule is Fc1cccc(Cl)c1CSC1=NC2(CCCCC2)N=C1c1cccs1. The number of hydrogen-bond acceptors (Lipinski definition) is 4. The monoisotopic (exact) mass is 392 g/mol. The van der Waals surface area contributed by atoms with Crippen LogP contribution in [0.1, 0.15) is 42.5 Å². The lowest BCUT2D eigenvalue weighted by atomic mass is 9.90. The molecule has 0 amide bonds. The second kappa shape index (κ2) is 7.22. The summed E-state index contributed by atoms with van der Waals surface area (Å²) in [7, 11) is 0. The molecular formula is C19H18ClFN2S2. The van der Waals surface area contributed by atoms with Crippen molar-refractivity contribution in [2.45, 2.75) is 43.5 Å². The van der Waals surface area contributed by atoms with Crippen LogP contribution in [0.15, 0.2) is 45.7 Å². The number of thioether (sulfide) groups is 1. The summed E-state index contributed by atoms with van der Waals surface area (Å²) in [6.45, 7) is 0. The molecule has 1 spiro atoms. The summed E-state index contributed by atoms with van der Waals surface area (Å²) >= 11 is 9.39. The van der Waals surface area contributed by atoms with Gasteiger partial charge in [0.2, 0.25) is 0 Å². The highest BCUT2D eigenvalue weighted by Crippen LogP contribution is 2.40. The second-order valence-corrected chi connectivity index (χ2v) is 8.71. The number of aliphatic imine (C=N–C) groups is 2. The first kappa shape index (κ1) is 17.3. The molecule has 6 heteroatoms. The van der Waals surface area contributed by atoms with Gasteiger partial charge in [0, 0.05) is 16.3 Å². The van der Waals surface area contributed by atoms with Crippen LogP contribution in [-0.4, -0.2) is 16.4 Å². The Morgan fingerprint density at radius 2 is 1.96 bits per heavy atom. The van der Waals surface area contributed by atoms with Gasteiger partial charge in [0.05, 0.1) is 4.88 Å². The van der Waals surface area contributed by atoms with E-state index in [1.54, 1.807) is 35.2 Å². The molecule has 130 valence electrons. The third-order valence-electron chi connectivity index (χ3n) is 4.66. The minimum absolute atomic E-state index is 0.263. The van der Waals surface area contributed by atoms with Crippen LogP contribution in [0.4, 0.5) is 4.39 Å². The van der Waals surface area contributed by atoms with Gasteiger partial charge in [-0.05, 0) is 49.3 Å². The fourth-order valence-corrected chi connectivity index (χ4v) is 5.54. The summed E-state index contributed by atoms with van der Waals surface area (Å²) < 4.78 is 14.1. The first-order valence-corrected chi connectivity index (χ1v) is 10.7. The van der Waals surface area contributed by atoms with E-state index in [0.29, 0.717) is 16.3 Å². The standard InChI is InChI=1S/C19H18ClFN2S2/c20-14-6-4-7-15(21)13(14)12-25-18-17(16-8-5-11-24-16)22-19(23-18)9-2-1-3-10-19/h4-8,11H,1-3,9-10,12H2. The fraction of sp³-hybridized carbons (Fsp3) is 0.368. The molecule has 1 saturated carbocycles. The molecule has 0 N–H and O–H groups in total. The molecule has 2 aromatic rings. The lowest BCUT2D eigenvalue weighted by Gasteiger charge is -2.27. The zero-order chi connectivity index (χ0) is 17.3. The lowest BCUT2D eigenvalue weighted by Crippen LogP contribution is -2.25. The Morgan fingerprint density at radius 1 is 1.12 bits per heavy atom. The van der Waals surface area contributed by atoms with Gasteiger partial charge < -0.3 is 0 Å². The molecule has 2 heterocycles. The minimum atomic E-state index is -0.293. The molecule has 1 aromatic carbocycles. The van der Waals surface area contributed by atoms with Crippen molar-refractivity contribution in [2.24, 2.45) is 9.98 Å². The Morgan fingerprint density at radius 3 is 2.68 bits per heavy atom. The average Bonchev–Trinajstić information content (AvgIpc) is 3.24. The summed E-state index contributed by atoms with van der Waals surface area (Å²) in [6, 6.07) is 8.93. The van der Waals surface area contributed by atoms with Gasteiger partial charge in [0.15, 0.2) is 5.66 Å². The van der Waals surface area contributed by atoms with E-state index in [1.165, 1.54) is 25.3 Å². The van der Waals surface area contributed by atoms with Gasteiger partial charge in [-0.25, -0.2) is 9.38 Å². The van der Waals surface area contributed by atoms with Crippen LogP contribution < -0.4 is 0 Å². The summed E-state index contributed by atoms with van der Waals surface area (Å²) in [6.07, 6.45) is 5.61. The Labute approximate surface area is 160 Å². The lowest BCUT2D eigenvalue weighted by molar-refractivity contribution is 0.317. The quantitative estimate of drug-likeness (QED) is 0.598. The molecule has 0 radical (unpaired) electrons. The Bertz CT molecular complexity index is 804. The van der Waals surface area contributed by atoms with Gasteiger partial charge in [-0.15, -0.1) is 11.3 Å². The topological polar surface area (TPSA) is 24.7 Å². The fourth-order valence-electron chi connectivity index (χ4n) is 3.35. The summed E-state index contributed by atoms with van der Waals surface area (Å²) in [4.78, 5) is 11.2. The predicted octanol–water partition coefficient (Wildman–Crippen LogP) is 6.34. The molecule has 0 atom stereocenters. The highest BCUT2D eigenvalue weighted by Gasteiger charge is 2.38. The van der Waals surface area contributed by atoms with E-state index in [-0.39, 0.29) is 11.5 Å². The number of benzene rings is 1. The second-order valence-electron chi connectivity index (χ2n) is 6.39. The molecular weight excluding hydrogens is 375 g/mol. The average molecular weight is 393 g/mol. The maximum atomic E-state index is 14.1.